The van der Waals surface area contributed by atoms with Crippen LogP contribution >= 0.6 is 0 Å². The maximum absolute atomic E-state index is 11.7. The Balaban J connectivity index is 1.59. The molecule has 0 radical (unpaired) electrons. The maximum Gasteiger partial charge on any atom is 0.246 e. The number of unbranched alkanes of at least 4 members (excludes halogenated alkanes) is 1. The van der Waals surface area contributed by atoms with Crippen LogP contribution in [0, 0.1) is 13.8 Å². The number of carbonyl (C=O) groups is 1. The van der Waals surface area contributed by atoms with Gasteiger partial charge in [0, 0.05) is 13.7 Å². The molecule has 0 saturated carbocycles. The number of imidazole rings is 1. The van der Waals surface area contributed by atoms with Gasteiger partial charge in [0.1, 0.15) is 18.2 Å². The van der Waals surface area contributed by atoms with Crippen LogP contribution in [0.1, 0.15) is 29.8 Å². The molecule has 6 heteroatoms. The van der Waals surface area contributed by atoms with E-state index in [4.69, 9.17) is 9.47 Å². The molecule has 1 aromatic heterocycles. The van der Waals surface area contributed by atoms with Gasteiger partial charge in [0.05, 0.1) is 24.2 Å². The minimum absolute atomic E-state index is 0.0515. The zero-order valence-corrected chi connectivity index (χ0v) is 17.4. The Morgan fingerprint density at radius 3 is 2.76 bits per heavy atom. The lowest BCUT2D eigenvalue weighted by atomic mass is 10.1. The van der Waals surface area contributed by atoms with E-state index in [1.807, 2.05) is 30.3 Å². The molecule has 1 heterocycles. The van der Waals surface area contributed by atoms with E-state index in [2.05, 4.69) is 40.8 Å². The average molecular weight is 396 g/mol. The van der Waals surface area contributed by atoms with Crippen molar-refractivity contribution < 1.29 is 14.3 Å². The minimum atomic E-state index is -0.145. The summed E-state index contributed by atoms with van der Waals surface area (Å²) < 4.78 is 13.0. The van der Waals surface area contributed by atoms with Gasteiger partial charge < -0.3 is 19.4 Å². The van der Waals surface area contributed by atoms with Crippen LogP contribution in [0.2, 0.25) is 0 Å². The Labute approximate surface area is 171 Å². The Kier molecular flexibility index (Phi) is 7.25. The second-order valence-electron chi connectivity index (χ2n) is 7.13. The van der Waals surface area contributed by atoms with Crippen molar-refractivity contribution in [3.63, 3.8) is 0 Å². The zero-order valence-electron chi connectivity index (χ0n) is 17.4. The van der Waals surface area contributed by atoms with Gasteiger partial charge in [0.25, 0.3) is 0 Å². The Hall–Kier alpha value is -2.86. The van der Waals surface area contributed by atoms with Gasteiger partial charge in [-0.3, -0.25) is 4.79 Å². The van der Waals surface area contributed by atoms with Gasteiger partial charge in [-0.1, -0.05) is 24.3 Å². The number of para-hydroxylation sites is 2. The fourth-order valence-electron chi connectivity index (χ4n) is 3.30. The molecular weight excluding hydrogens is 366 g/mol. The molecule has 0 fully saturated rings. The number of nitrogens with zero attached hydrogens (tertiary/aromatic N) is 2. The summed E-state index contributed by atoms with van der Waals surface area (Å²) in [6, 6.07) is 14.2. The lowest BCUT2D eigenvalue weighted by molar-refractivity contribution is -0.124. The number of nitrogens with one attached hydrogen (secondary N) is 1. The number of benzene rings is 2. The van der Waals surface area contributed by atoms with Crippen LogP contribution < -0.4 is 10.1 Å². The molecular formula is C23H29N3O3. The highest BCUT2D eigenvalue weighted by molar-refractivity contribution is 5.78. The molecule has 1 N–H and O–H groups in total. The molecule has 0 atom stereocenters. The molecule has 0 spiro atoms. The standard InChI is InChI=1S/C23H29N3O3/c1-17-9-8-12-21(18(17)2)29-14-7-6-13-26-20-11-5-4-10-19(20)25-22(26)15-24-23(27)16-28-3/h4-5,8-12H,6-7,13-16H2,1-3H3,(H,24,27). The Bertz CT molecular complexity index is 965. The van der Waals surface area contributed by atoms with E-state index in [-0.39, 0.29) is 12.5 Å². The van der Waals surface area contributed by atoms with Crippen LogP contribution in [0.15, 0.2) is 42.5 Å². The molecule has 0 unspecified atom stereocenters. The summed E-state index contributed by atoms with van der Waals surface area (Å²) in [7, 11) is 1.51. The third-order valence-corrected chi connectivity index (χ3v) is 5.04. The van der Waals surface area contributed by atoms with Crippen molar-refractivity contribution >= 4 is 16.9 Å². The summed E-state index contributed by atoms with van der Waals surface area (Å²) in [4.78, 5) is 16.4. The number of aryl methyl sites for hydroxylation is 2. The van der Waals surface area contributed by atoms with Crippen LogP contribution in [0.3, 0.4) is 0 Å². The van der Waals surface area contributed by atoms with Gasteiger partial charge in [0.2, 0.25) is 5.91 Å². The summed E-state index contributed by atoms with van der Waals surface area (Å²) in [6.07, 6.45) is 1.90. The van der Waals surface area contributed by atoms with Crippen LogP contribution in [0.4, 0.5) is 0 Å². The second kappa shape index (κ2) is 10.1. The van der Waals surface area contributed by atoms with Gasteiger partial charge in [-0.15, -0.1) is 0 Å². The van der Waals surface area contributed by atoms with E-state index in [0.29, 0.717) is 13.2 Å². The third kappa shape index (κ3) is 5.35. The topological polar surface area (TPSA) is 65.4 Å². The highest BCUT2D eigenvalue weighted by atomic mass is 16.5. The average Bonchev–Trinajstić information content (AvgIpc) is 3.07. The first-order valence-electron chi connectivity index (χ1n) is 9.99. The second-order valence-corrected chi connectivity index (χ2v) is 7.13. The molecule has 0 saturated heterocycles. The fourth-order valence-corrected chi connectivity index (χ4v) is 3.30. The monoisotopic (exact) mass is 395 g/mol. The van der Waals surface area contributed by atoms with E-state index in [1.54, 1.807) is 0 Å². The zero-order chi connectivity index (χ0) is 20.6. The lowest BCUT2D eigenvalue weighted by Gasteiger charge is -2.12. The van der Waals surface area contributed by atoms with Crippen molar-refractivity contribution in [3.05, 3.63) is 59.4 Å². The summed E-state index contributed by atoms with van der Waals surface area (Å²) in [5.41, 5.74) is 4.46. The number of hydrogen-bond acceptors (Lipinski definition) is 4. The summed E-state index contributed by atoms with van der Waals surface area (Å²) in [6.45, 7) is 6.13. The van der Waals surface area contributed by atoms with Gasteiger partial charge in [0.15, 0.2) is 0 Å². The quantitative estimate of drug-likeness (QED) is 0.531. The first-order valence-corrected chi connectivity index (χ1v) is 9.99. The van der Waals surface area contributed by atoms with E-state index in [0.717, 1.165) is 42.0 Å². The molecule has 3 aromatic rings. The third-order valence-electron chi connectivity index (χ3n) is 5.04. The van der Waals surface area contributed by atoms with Crippen LogP contribution in [0.5, 0.6) is 5.75 Å². The predicted octanol–water partition coefficient (Wildman–Crippen LogP) is 3.77. The molecule has 2 aromatic carbocycles. The van der Waals surface area contributed by atoms with E-state index in [1.165, 1.54) is 18.2 Å². The fraction of sp³-hybridized carbons (Fsp3) is 0.391. The molecule has 6 nitrogen and oxygen atoms in total. The molecule has 3 rings (SSSR count). The van der Waals surface area contributed by atoms with Crippen molar-refractivity contribution in [2.24, 2.45) is 0 Å². The highest BCUT2D eigenvalue weighted by Crippen LogP contribution is 2.21. The normalized spacial score (nSPS) is 11.0. The van der Waals surface area contributed by atoms with Crippen LogP contribution in [0.25, 0.3) is 11.0 Å². The largest absolute Gasteiger partial charge is 0.493 e. The van der Waals surface area contributed by atoms with Crippen LogP contribution in [-0.4, -0.2) is 35.8 Å². The van der Waals surface area contributed by atoms with E-state index in [9.17, 15) is 4.79 Å². The number of aromatic nitrogens is 2. The first kappa shape index (κ1) is 20.9. The number of hydrogen-bond donors (Lipinski definition) is 1. The minimum Gasteiger partial charge on any atom is -0.493 e. The first-order chi connectivity index (χ1) is 14.1. The van der Waals surface area contributed by atoms with E-state index < -0.39 is 0 Å². The summed E-state index contributed by atoms with van der Waals surface area (Å²) in [5.74, 6) is 1.67. The predicted molar refractivity (Wildman–Crippen MR) is 114 cm³/mol. The van der Waals surface area contributed by atoms with Gasteiger partial charge in [-0.25, -0.2) is 4.98 Å². The number of carbonyl (C=O) groups excluding carboxylic acids is 1. The highest BCUT2D eigenvalue weighted by Gasteiger charge is 2.11. The molecule has 0 aliphatic rings. The van der Waals surface area contributed by atoms with Crippen molar-refractivity contribution in [1.29, 1.82) is 0 Å². The number of methoxy groups -OCH3 is 1. The number of amides is 1. The molecule has 0 aliphatic heterocycles. The lowest BCUT2D eigenvalue weighted by Crippen LogP contribution is -2.28. The van der Waals surface area contributed by atoms with Crippen molar-refractivity contribution in [2.45, 2.75) is 39.8 Å². The number of ether oxygens (including phenoxy) is 2. The van der Waals surface area contributed by atoms with Crippen LogP contribution in [-0.2, 0) is 22.6 Å². The number of rotatable bonds is 10. The molecule has 1 amide bonds. The summed E-state index contributed by atoms with van der Waals surface area (Å²) in [5, 5.41) is 2.86. The SMILES string of the molecule is COCC(=O)NCc1nc2ccccc2n1CCCCOc1cccc(C)c1C. The van der Waals surface area contributed by atoms with Crippen molar-refractivity contribution in [3.8, 4) is 5.75 Å². The summed E-state index contributed by atoms with van der Waals surface area (Å²) >= 11 is 0. The van der Waals surface area contributed by atoms with Crippen molar-refractivity contribution in [1.82, 2.24) is 14.9 Å². The van der Waals surface area contributed by atoms with Crippen molar-refractivity contribution in [2.75, 3.05) is 20.3 Å². The van der Waals surface area contributed by atoms with Gasteiger partial charge in [-0.2, -0.15) is 0 Å². The molecule has 0 bridgehead atoms. The van der Waals surface area contributed by atoms with E-state index >= 15 is 0 Å². The molecule has 154 valence electrons. The maximum atomic E-state index is 11.7. The van der Waals surface area contributed by atoms with Gasteiger partial charge >= 0.3 is 0 Å². The molecule has 29 heavy (non-hydrogen) atoms. The molecule has 0 aliphatic carbocycles. The number of fused-ring (bicyclic) bond motifs is 1. The Morgan fingerprint density at radius 1 is 1.10 bits per heavy atom. The Morgan fingerprint density at radius 2 is 1.93 bits per heavy atom. The smallest absolute Gasteiger partial charge is 0.246 e. The van der Waals surface area contributed by atoms with Gasteiger partial charge in [-0.05, 0) is 56.0 Å².